The van der Waals surface area contributed by atoms with Crippen LogP contribution in [0.25, 0.3) is 16.6 Å². The number of aliphatic imine (C=N–C) groups is 1. The zero-order valence-electron chi connectivity index (χ0n) is 10.7. The molecule has 2 heterocycles. The van der Waals surface area contributed by atoms with Gasteiger partial charge in [-0.1, -0.05) is 12.2 Å². The number of nitrogens with one attached hydrogen (secondary N) is 1. The molecule has 0 aliphatic rings. The van der Waals surface area contributed by atoms with Crippen molar-refractivity contribution in [3.8, 4) is 0 Å². The summed E-state index contributed by atoms with van der Waals surface area (Å²) in [5.41, 5.74) is 3.51. The first-order valence-electron chi connectivity index (χ1n) is 5.69. The van der Waals surface area contributed by atoms with Gasteiger partial charge in [-0.25, -0.2) is 9.97 Å². The predicted molar refractivity (Wildman–Crippen MR) is 73.6 cm³/mol. The molecule has 0 saturated carbocycles. The van der Waals surface area contributed by atoms with Crippen molar-refractivity contribution in [2.24, 2.45) is 4.99 Å². The van der Waals surface area contributed by atoms with Gasteiger partial charge in [-0.15, -0.1) is 0 Å². The quantitative estimate of drug-likeness (QED) is 0.662. The van der Waals surface area contributed by atoms with E-state index in [4.69, 9.17) is 0 Å². The Kier molecular flexibility index (Phi) is 3.62. The van der Waals surface area contributed by atoms with Crippen molar-refractivity contribution in [1.29, 1.82) is 0 Å². The summed E-state index contributed by atoms with van der Waals surface area (Å²) in [6.45, 7) is 3.84. The highest BCUT2D eigenvalue weighted by Crippen LogP contribution is 2.21. The maximum atomic E-state index is 4.42. The molecule has 0 unspecified atom stereocenters. The van der Waals surface area contributed by atoms with Gasteiger partial charge in [-0.05, 0) is 19.9 Å². The molecule has 5 nitrogen and oxygen atoms in total. The Morgan fingerprint density at radius 2 is 2.28 bits per heavy atom. The van der Waals surface area contributed by atoms with E-state index in [1.165, 1.54) is 0 Å². The lowest BCUT2D eigenvalue weighted by Crippen LogP contribution is -1.89. The molecule has 0 aliphatic carbocycles. The van der Waals surface area contributed by atoms with Gasteiger partial charge >= 0.3 is 0 Å². The highest BCUT2D eigenvalue weighted by Gasteiger charge is 2.09. The fourth-order valence-corrected chi connectivity index (χ4v) is 1.65. The van der Waals surface area contributed by atoms with Crippen molar-refractivity contribution < 1.29 is 0 Å². The van der Waals surface area contributed by atoms with Crippen LogP contribution in [0.5, 0.6) is 0 Å². The molecule has 0 amide bonds. The van der Waals surface area contributed by atoms with E-state index in [1.54, 1.807) is 19.5 Å². The van der Waals surface area contributed by atoms with E-state index in [2.05, 4.69) is 25.2 Å². The molecule has 5 heteroatoms. The Morgan fingerprint density at radius 3 is 3.00 bits per heavy atom. The molecule has 0 bridgehead atoms. The van der Waals surface area contributed by atoms with Crippen LogP contribution in [0, 0.1) is 6.92 Å². The molecule has 2 aromatic heterocycles. The summed E-state index contributed by atoms with van der Waals surface area (Å²) in [7, 11) is 1.74. The van der Waals surface area contributed by atoms with Gasteiger partial charge in [0, 0.05) is 18.8 Å². The van der Waals surface area contributed by atoms with E-state index in [0.717, 1.165) is 28.1 Å². The van der Waals surface area contributed by atoms with Crippen molar-refractivity contribution in [3.63, 3.8) is 0 Å². The first-order valence-corrected chi connectivity index (χ1v) is 5.69. The normalized spacial score (nSPS) is 13.2. The summed E-state index contributed by atoms with van der Waals surface area (Å²) in [5, 5.41) is 7.23. The average molecular weight is 241 g/mol. The summed E-state index contributed by atoms with van der Waals surface area (Å²) in [5.74, 6) is 0.736. The lowest BCUT2D eigenvalue weighted by atomic mass is 10.1. The second-order valence-corrected chi connectivity index (χ2v) is 3.76. The van der Waals surface area contributed by atoms with E-state index in [1.807, 2.05) is 32.1 Å². The molecular weight excluding hydrogens is 226 g/mol. The zero-order valence-corrected chi connectivity index (χ0v) is 10.7. The number of aromatic amines is 1. The molecule has 2 aromatic rings. The van der Waals surface area contributed by atoms with Gasteiger partial charge in [0.1, 0.15) is 22.6 Å². The largest absolute Gasteiger partial charge is 0.297 e. The molecule has 0 aromatic carbocycles. The van der Waals surface area contributed by atoms with Crippen LogP contribution in [0.1, 0.15) is 18.4 Å². The molecule has 0 radical (unpaired) electrons. The van der Waals surface area contributed by atoms with Gasteiger partial charge in [0.05, 0.1) is 6.20 Å². The minimum Gasteiger partial charge on any atom is -0.297 e. The Morgan fingerprint density at radius 1 is 1.44 bits per heavy atom. The lowest BCUT2D eigenvalue weighted by Gasteiger charge is -1.97. The highest BCUT2D eigenvalue weighted by molar-refractivity contribution is 5.91. The minimum atomic E-state index is 0.736. The van der Waals surface area contributed by atoms with Crippen molar-refractivity contribution >= 4 is 22.8 Å². The minimum absolute atomic E-state index is 0.736. The molecular formula is C13H15N5. The van der Waals surface area contributed by atoms with Gasteiger partial charge in [0.2, 0.25) is 0 Å². The van der Waals surface area contributed by atoms with Crippen LogP contribution in [-0.2, 0) is 0 Å². The van der Waals surface area contributed by atoms with E-state index in [-0.39, 0.29) is 0 Å². The molecule has 2 rings (SSSR count). The highest BCUT2D eigenvalue weighted by atomic mass is 15.1. The SMILES string of the molecule is C/C=C(\C=C/C=NC)c1n[nH]c2cnc(C)nc12. The molecule has 0 fully saturated rings. The van der Waals surface area contributed by atoms with Crippen molar-refractivity contribution in [1.82, 2.24) is 20.2 Å². The molecule has 0 atom stereocenters. The number of hydrogen-bond acceptors (Lipinski definition) is 4. The topological polar surface area (TPSA) is 66.8 Å². The van der Waals surface area contributed by atoms with Crippen LogP contribution in [0.2, 0.25) is 0 Å². The van der Waals surface area contributed by atoms with Gasteiger partial charge in [-0.3, -0.25) is 10.1 Å². The Hall–Kier alpha value is -2.30. The zero-order chi connectivity index (χ0) is 13.0. The molecule has 18 heavy (non-hydrogen) atoms. The molecule has 0 aliphatic heterocycles. The molecule has 92 valence electrons. The second-order valence-electron chi connectivity index (χ2n) is 3.76. The summed E-state index contributed by atoms with van der Waals surface area (Å²) in [6.07, 6.45) is 9.31. The second kappa shape index (κ2) is 5.35. The summed E-state index contributed by atoms with van der Waals surface area (Å²) in [4.78, 5) is 12.5. The monoisotopic (exact) mass is 241 g/mol. The average Bonchev–Trinajstić information content (AvgIpc) is 2.78. The fraction of sp³-hybridized carbons (Fsp3) is 0.231. The van der Waals surface area contributed by atoms with Crippen molar-refractivity contribution in [2.45, 2.75) is 13.8 Å². The number of rotatable bonds is 3. The third-order valence-electron chi connectivity index (χ3n) is 2.52. The number of allylic oxidation sites excluding steroid dienone is 4. The summed E-state index contributed by atoms with van der Waals surface area (Å²) < 4.78 is 0. The van der Waals surface area contributed by atoms with Crippen LogP contribution in [0.3, 0.4) is 0 Å². The van der Waals surface area contributed by atoms with Crippen molar-refractivity contribution in [3.05, 3.63) is 35.9 Å². The summed E-state index contributed by atoms with van der Waals surface area (Å²) in [6, 6.07) is 0. The molecule has 0 spiro atoms. The molecule has 1 N–H and O–H groups in total. The van der Waals surface area contributed by atoms with E-state index < -0.39 is 0 Å². The number of hydrogen-bond donors (Lipinski definition) is 1. The standard InChI is InChI=1S/C13H15N5/c1-4-10(6-5-7-14-3)12-13-11(17-18-12)8-15-9(2)16-13/h4-8H,1-3H3,(H,17,18)/b6-5-,10-4+,14-7?. The number of aromatic nitrogens is 4. The van der Waals surface area contributed by atoms with Gasteiger partial charge in [-0.2, -0.15) is 5.10 Å². The molecule has 0 saturated heterocycles. The van der Waals surface area contributed by atoms with Gasteiger partial charge in [0.15, 0.2) is 0 Å². The van der Waals surface area contributed by atoms with Crippen LogP contribution < -0.4 is 0 Å². The van der Waals surface area contributed by atoms with Gasteiger partial charge in [0.25, 0.3) is 0 Å². The Balaban J connectivity index is 2.49. The Labute approximate surface area is 105 Å². The first kappa shape index (κ1) is 12.2. The fourth-order valence-electron chi connectivity index (χ4n) is 1.65. The van der Waals surface area contributed by atoms with Gasteiger partial charge < -0.3 is 0 Å². The third-order valence-corrected chi connectivity index (χ3v) is 2.52. The predicted octanol–water partition coefficient (Wildman–Crippen LogP) is 2.32. The van der Waals surface area contributed by atoms with Crippen molar-refractivity contribution in [2.75, 3.05) is 7.05 Å². The maximum Gasteiger partial charge on any atom is 0.126 e. The third kappa shape index (κ3) is 2.34. The van der Waals surface area contributed by atoms with Crippen LogP contribution in [0.4, 0.5) is 0 Å². The summed E-state index contributed by atoms with van der Waals surface area (Å²) >= 11 is 0. The number of nitrogens with zero attached hydrogens (tertiary/aromatic N) is 4. The van der Waals surface area contributed by atoms with Crippen LogP contribution in [0.15, 0.2) is 29.4 Å². The van der Waals surface area contributed by atoms with E-state index in [0.29, 0.717) is 0 Å². The van der Waals surface area contributed by atoms with E-state index in [9.17, 15) is 0 Å². The Bertz CT molecular complexity index is 634. The van der Waals surface area contributed by atoms with Crippen LogP contribution in [-0.4, -0.2) is 33.4 Å². The van der Waals surface area contributed by atoms with Crippen LogP contribution >= 0.6 is 0 Å². The maximum absolute atomic E-state index is 4.42. The first-order chi connectivity index (χ1) is 8.76. The number of aryl methyl sites for hydroxylation is 1. The smallest absolute Gasteiger partial charge is 0.126 e. The number of H-pyrrole nitrogens is 1. The lowest BCUT2D eigenvalue weighted by molar-refractivity contribution is 1.08. The van der Waals surface area contributed by atoms with E-state index >= 15 is 0 Å². The number of fused-ring (bicyclic) bond motifs is 1.